The molecule has 0 aliphatic heterocycles. The number of guanidine groups is 1. The number of rotatable bonds is 5. The van der Waals surface area contributed by atoms with E-state index in [9.17, 15) is 0 Å². The molecule has 0 fully saturated rings. The zero-order chi connectivity index (χ0) is 13.5. The van der Waals surface area contributed by atoms with Crippen molar-refractivity contribution >= 4 is 41.0 Å². The molecule has 3 N–H and O–H groups in total. The van der Waals surface area contributed by atoms with Gasteiger partial charge in [0, 0.05) is 26.6 Å². The van der Waals surface area contributed by atoms with Gasteiger partial charge < -0.3 is 15.6 Å². The van der Waals surface area contributed by atoms with Crippen LogP contribution < -0.4 is 10.6 Å². The molecule has 108 valence electrons. The highest BCUT2D eigenvalue weighted by Crippen LogP contribution is 2.10. The Kier molecular flexibility index (Phi) is 7.06. The zero-order valence-corrected chi connectivity index (χ0v) is 13.8. The van der Waals surface area contributed by atoms with Gasteiger partial charge in [-0.15, -0.1) is 30.6 Å². The third-order valence-electron chi connectivity index (χ3n) is 2.73. The average molecular weight is 385 g/mol. The summed E-state index contributed by atoms with van der Waals surface area (Å²) in [5.74, 6) is 1.75. The highest BCUT2D eigenvalue weighted by molar-refractivity contribution is 14.0. The minimum absolute atomic E-state index is 0. The molecule has 0 aliphatic carbocycles. The molecule has 2 rings (SSSR count). The lowest BCUT2D eigenvalue weighted by atomic mass is 10.3. The van der Waals surface area contributed by atoms with E-state index in [1.807, 2.05) is 24.3 Å². The maximum atomic E-state index is 4.53. The van der Waals surface area contributed by atoms with Crippen LogP contribution in [0, 0.1) is 0 Å². The molecule has 1 aromatic carbocycles. The van der Waals surface area contributed by atoms with Gasteiger partial charge in [-0.1, -0.05) is 18.2 Å². The van der Waals surface area contributed by atoms with Gasteiger partial charge >= 0.3 is 0 Å². The Morgan fingerprint density at radius 1 is 1.40 bits per heavy atom. The van der Waals surface area contributed by atoms with Gasteiger partial charge in [0.2, 0.25) is 0 Å². The van der Waals surface area contributed by atoms with E-state index in [1.165, 1.54) is 0 Å². The van der Waals surface area contributed by atoms with Crippen molar-refractivity contribution in [1.82, 2.24) is 20.6 Å². The van der Waals surface area contributed by atoms with Crippen LogP contribution in [-0.4, -0.2) is 36.1 Å². The summed E-state index contributed by atoms with van der Waals surface area (Å²) in [5, 5.41) is 6.35. The fourth-order valence-corrected chi connectivity index (χ4v) is 1.81. The molecular formula is C14H20IN5. The molecule has 5 nitrogen and oxygen atoms in total. The summed E-state index contributed by atoms with van der Waals surface area (Å²) in [6.45, 7) is 5.13. The first-order chi connectivity index (χ1) is 9.33. The van der Waals surface area contributed by atoms with Crippen molar-refractivity contribution in [2.24, 2.45) is 4.99 Å². The van der Waals surface area contributed by atoms with Crippen LogP contribution >= 0.6 is 24.0 Å². The highest BCUT2D eigenvalue weighted by atomic mass is 127. The Morgan fingerprint density at radius 3 is 2.90 bits per heavy atom. The molecule has 0 saturated carbocycles. The van der Waals surface area contributed by atoms with Crippen molar-refractivity contribution in [1.29, 1.82) is 0 Å². The van der Waals surface area contributed by atoms with Crippen molar-refractivity contribution < 1.29 is 0 Å². The quantitative estimate of drug-likeness (QED) is 0.320. The number of imidazole rings is 1. The number of aliphatic imine (C=N–C) groups is 1. The first-order valence-electron chi connectivity index (χ1n) is 6.32. The number of aromatic amines is 1. The van der Waals surface area contributed by atoms with E-state index < -0.39 is 0 Å². The van der Waals surface area contributed by atoms with Crippen LogP contribution in [0.15, 0.2) is 41.9 Å². The van der Waals surface area contributed by atoms with E-state index in [4.69, 9.17) is 0 Å². The molecule has 2 aromatic rings. The summed E-state index contributed by atoms with van der Waals surface area (Å²) in [6, 6.07) is 8.03. The normalized spacial score (nSPS) is 10.9. The van der Waals surface area contributed by atoms with Crippen LogP contribution in [0.5, 0.6) is 0 Å². The minimum Gasteiger partial charge on any atom is -0.356 e. The molecule has 0 bridgehead atoms. The SMILES string of the molecule is C=CCNC(=NC)NCCc1nc2ccccc2[nH]1.I. The monoisotopic (exact) mass is 385 g/mol. The second-order valence-electron chi connectivity index (χ2n) is 4.12. The third-order valence-corrected chi connectivity index (χ3v) is 2.73. The van der Waals surface area contributed by atoms with Gasteiger partial charge in [-0.3, -0.25) is 4.99 Å². The number of nitrogens with one attached hydrogen (secondary N) is 3. The molecule has 0 spiro atoms. The molecule has 6 heteroatoms. The number of para-hydroxylation sites is 2. The van der Waals surface area contributed by atoms with Gasteiger partial charge in [0.25, 0.3) is 0 Å². The highest BCUT2D eigenvalue weighted by Gasteiger charge is 2.02. The van der Waals surface area contributed by atoms with E-state index in [0.29, 0.717) is 6.54 Å². The van der Waals surface area contributed by atoms with Crippen LogP contribution in [0.3, 0.4) is 0 Å². The predicted molar refractivity (Wildman–Crippen MR) is 94.8 cm³/mol. The Bertz CT molecular complexity index is 543. The summed E-state index contributed by atoms with van der Waals surface area (Å²) in [4.78, 5) is 11.9. The lowest BCUT2D eigenvalue weighted by molar-refractivity contribution is 0.796. The largest absolute Gasteiger partial charge is 0.356 e. The van der Waals surface area contributed by atoms with E-state index in [1.54, 1.807) is 13.1 Å². The van der Waals surface area contributed by atoms with E-state index in [-0.39, 0.29) is 24.0 Å². The molecule has 1 heterocycles. The van der Waals surface area contributed by atoms with E-state index in [2.05, 4.69) is 32.2 Å². The Balaban J connectivity index is 0.00000200. The standard InChI is InChI=1S/C14H19N5.HI/c1-3-9-16-14(15-2)17-10-8-13-18-11-6-4-5-7-12(11)19-13;/h3-7H,1,8-10H2,2H3,(H,18,19)(H2,15,16,17);1H. The molecule has 0 atom stereocenters. The van der Waals surface area contributed by atoms with Gasteiger partial charge in [0.1, 0.15) is 5.82 Å². The van der Waals surface area contributed by atoms with Crippen molar-refractivity contribution in [2.75, 3.05) is 20.1 Å². The van der Waals surface area contributed by atoms with Crippen LogP contribution in [0.2, 0.25) is 0 Å². The summed E-state index contributed by atoms with van der Waals surface area (Å²) in [5.41, 5.74) is 2.08. The summed E-state index contributed by atoms with van der Waals surface area (Å²) >= 11 is 0. The summed E-state index contributed by atoms with van der Waals surface area (Å²) in [7, 11) is 1.75. The molecule has 0 aliphatic rings. The number of nitrogens with zero attached hydrogens (tertiary/aromatic N) is 2. The number of H-pyrrole nitrogens is 1. The second-order valence-corrected chi connectivity index (χ2v) is 4.12. The fourth-order valence-electron chi connectivity index (χ4n) is 1.81. The lowest BCUT2D eigenvalue weighted by Crippen LogP contribution is -2.38. The van der Waals surface area contributed by atoms with Gasteiger partial charge in [0.05, 0.1) is 11.0 Å². The molecule has 0 radical (unpaired) electrons. The van der Waals surface area contributed by atoms with Crippen molar-refractivity contribution in [2.45, 2.75) is 6.42 Å². The first-order valence-corrected chi connectivity index (χ1v) is 6.32. The number of hydrogen-bond acceptors (Lipinski definition) is 2. The van der Waals surface area contributed by atoms with Gasteiger partial charge in [0.15, 0.2) is 5.96 Å². The third kappa shape index (κ3) is 4.52. The van der Waals surface area contributed by atoms with E-state index in [0.717, 1.165) is 35.8 Å². The maximum absolute atomic E-state index is 4.53. The molecule has 0 saturated heterocycles. The Morgan fingerprint density at radius 2 is 2.20 bits per heavy atom. The average Bonchev–Trinajstić information content (AvgIpc) is 2.85. The molecule has 1 aromatic heterocycles. The van der Waals surface area contributed by atoms with Crippen molar-refractivity contribution in [3.05, 3.63) is 42.7 Å². The molecular weight excluding hydrogens is 365 g/mol. The smallest absolute Gasteiger partial charge is 0.191 e. The van der Waals surface area contributed by atoms with Gasteiger partial charge in [-0.05, 0) is 12.1 Å². The number of aromatic nitrogens is 2. The summed E-state index contributed by atoms with van der Waals surface area (Å²) in [6.07, 6.45) is 2.62. The molecule has 20 heavy (non-hydrogen) atoms. The van der Waals surface area contributed by atoms with Gasteiger partial charge in [-0.25, -0.2) is 4.98 Å². The first kappa shape index (κ1) is 16.5. The zero-order valence-electron chi connectivity index (χ0n) is 11.5. The van der Waals surface area contributed by atoms with Crippen LogP contribution in [0.1, 0.15) is 5.82 Å². The maximum Gasteiger partial charge on any atom is 0.191 e. The summed E-state index contributed by atoms with van der Waals surface area (Å²) < 4.78 is 0. The number of hydrogen-bond donors (Lipinski definition) is 3. The topological polar surface area (TPSA) is 65.1 Å². The van der Waals surface area contributed by atoms with Crippen LogP contribution in [0.25, 0.3) is 11.0 Å². The number of benzene rings is 1. The molecule has 0 unspecified atom stereocenters. The Labute approximate surface area is 136 Å². The van der Waals surface area contributed by atoms with Crippen LogP contribution in [0.4, 0.5) is 0 Å². The number of halogens is 1. The number of fused-ring (bicyclic) bond motifs is 1. The van der Waals surface area contributed by atoms with Crippen molar-refractivity contribution in [3.63, 3.8) is 0 Å². The second kappa shape index (κ2) is 8.57. The molecule has 0 amide bonds. The van der Waals surface area contributed by atoms with Crippen LogP contribution in [-0.2, 0) is 6.42 Å². The lowest BCUT2D eigenvalue weighted by Gasteiger charge is -2.09. The Hall–Kier alpha value is -1.57. The fraction of sp³-hybridized carbons (Fsp3) is 0.286. The van der Waals surface area contributed by atoms with E-state index >= 15 is 0 Å². The van der Waals surface area contributed by atoms with Crippen molar-refractivity contribution in [3.8, 4) is 0 Å². The minimum atomic E-state index is 0. The van der Waals surface area contributed by atoms with Gasteiger partial charge in [-0.2, -0.15) is 0 Å². The predicted octanol–water partition coefficient (Wildman–Crippen LogP) is 2.07.